The summed E-state index contributed by atoms with van der Waals surface area (Å²) in [6.07, 6.45) is 5.67. The first-order valence-corrected chi connectivity index (χ1v) is 9.49. The minimum atomic E-state index is -0.173. The molecule has 0 spiro atoms. The Morgan fingerprint density at radius 2 is 1.62 bits per heavy atom. The number of carbonyl (C=O) groups is 3. The Hall–Kier alpha value is -2.43. The first-order chi connectivity index (χ1) is 12.6. The topological polar surface area (TPSA) is 66.5 Å². The molecule has 6 unspecified atom stereocenters. The van der Waals surface area contributed by atoms with E-state index in [2.05, 4.69) is 17.5 Å². The van der Waals surface area contributed by atoms with Gasteiger partial charge in [-0.1, -0.05) is 42.5 Å². The second kappa shape index (κ2) is 5.79. The van der Waals surface area contributed by atoms with Crippen molar-refractivity contribution >= 4 is 17.7 Å². The van der Waals surface area contributed by atoms with Gasteiger partial charge in [-0.15, -0.1) is 0 Å². The smallest absolute Gasteiger partial charge is 0.233 e. The van der Waals surface area contributed by atoms with Gasteiger partial charge in [0.1, 0.15) is 0 Å². The summed E-state index contributed by atoms with van der Waals surface area (Å²) in [6.45, 7) is 0.657. The number of likely N-dealkylation sites (tertiary alicyclic amines) is 1. The minimum Gasteiger partial charge on any atom is -0.352 e. The van der Waals surface area contributed by atoms with E-state index < -0.39 is 0 Å². The highest BCUT2D eigenvalue weighted by Gasteiger charge is 2.66. The molecule has 5 heteroatoms. The molecule has 2 saturated carbocycles. The van der Waals surface area contributed by atoms with Crippen molar-refractivity contribution in [3.05, 3.63) is 48.0 Å². The second-order valence-corrected chi connectivity index (χ2v) is 8.00. The first kappa shape index (κ1) is 15.8. The van der Waals surface area contributed by atoms with Crippen molar-refractivity contribution in [2.75, 3.05) is 6.54 Å². The standard InChI is InChI=1S/C21H22N2O3/c24-17(22-11-12-4-2-1-3-5-12)8-9-23-20(25)18-13-6-7-14(16-10-15(13)16)19(18)21(23)26/h1-7,13-16,18-19H,8-11H2,(H,22,24). The lowest BCUT2D eigenvalue weighted by atomic mass is 9.63. The molecule has 1 aliphatic heterocycles. The molecule has 3 amide bonds. The first-order valence-electron chi connectivity index (χ1n) is 9.49. The molecule has 2 bridgehead atoms. The van der Waals surface area contributed by atoms with Crippen LogP contribution in [-0.4, -0.2) is 29.2 Å². The van der Waals surface area contributed by atoms with E-state index in [1.54, 1.807) is 0 Å². The maximum absolute atomic E-state index is 12.8. The molecular formula is C21H22N2O3. The number of hydrogen-bond donors (Lipinski definition) is 1. The van der Waals surface area contributed by atoms with Crippen molar-refractivity contribution in [3.63, 3.8) is 0 Å². The molecule has 0 aromatic heterocycles. The van der Waals surface area contributed by atoms with Crippen LogP contribution >= 0.6 is 0 Å². The third-order valence-electron chi connectivity index (χ3n) is 6.65. The predicted molar refractivity (Wildman–Crippen MR) is 94.3 cm³/mol. The van der Waals surface area contributed by atoms with Crippen LogP contribution in [0.3, 0.4) is 0 Å². The molecule has 0 radical (unpaired) electrons. The van der Waals surface area contributed by atoms with Crippen LogP contribution in [0.2, 0.25) is 0 Å². The van der Waals surface area contributed by atoms with Crippen molar-refractivity contribution in [2.45, 2.75) is 19.4 Å². The van der Waals surface area contributed by atoms with Gasteiger partial charge in [0.15, 0.2) is 0 Å². The van der Waals surface area contributed by atoms with E-state index in [9.17, 15) is 14.4 Å². The molecule has 6 rings (SSSR count). The van der Waals surface area contributed by atoms with Crippen LogP contribution in [0.25, 0.3) is 0 Å². The number of nitrogens with zero attached hydrogens (tertiary/aromatic N) is 1. The van der Waals surface area contributed by atoms with E-state index >= 15 is 0 Å². The lowest BCUT2D eigenvalue weighted by molar-refractivity contribution is -0.140. The van der Waals surface area contributed by atoms with Gasteiger partial charge in [-0.05, 0) is 35.7 Å². The quantitative estimate of drug-likeness (QED) is 0.650. The molecule has 6 atom stereocenters. The number of nitrogens with one attached hydrogen (secondary N) is 1. The van der Waals surface area contributed by atoms with Gasteiger partial charge in [-0.2, -0.15) is 0 Å². The fraction of sp³-hybridized carbons (Fsp3) is 0.476. The molecule has 1 aromatic carbocycles. The fourth-order valence-electron chi connectivity index (χ4n) is 5.34. The van der Waals surface area contributed by atoms with E-state index in [4.69, 9.17) is 0 Å². The Morgan fingerprint density at radius 3 is 2.23 bits per heavy atom. The van der Waals surface area contributed by atoms with Crippen molar-refractivity contribution in [3.8, 4) is 0 Å². The highest BCUT2D eigenvalue weighted by atomic mass is 16.2. The number of allylic oxidation sites excluding steroid dienone is 2. The SMILES string of the molecule is O=C(CCN1C(=O)C2C3C=CC(C4CC34)C2C1=O)NCc1ccccc1. The zero-order chi connectivity index (χ0) is 17.8. The summed E-state index contributed by atoms with van der Waals surface area (Å²) in [6, 6.07) is 9.69. The monoisotopic (exact) mass is 350 g/mol. The number of carbonyl (C=O) groups excluding carboxylic acids is 3. The van der Waals surface area contributed by atoms with Crippen LogP contribution in [0.15, 0.2) is 42.5 Å². The Kier molecular flexibility index (Phi) is 3.52. The molecule has 134 valence electrons. The number of benzene rings is 1. The third-order valence-corrected chi connectivity index (χ3v) is 6.65. The van der Waals surface area contributed by atoms with Gasteiger partial charge >= 0.3 is 0 Å². The Labute approximate surface area is 152 Å². The zero-order valence-corrected chi connectivity index (χ0v) is 14.5. The largest absolute Gasteiger partial charge is 0.352 e. The minimum absolute atomic E-state index is 0.0550. The second-order valence-electron chi connectivity index (χ2n) is 8.00. The molecule has 1 heterocycles. The summed E-state index contributed by atoms with van der Waals surface area (Å²) in [5.41, 5.74) is 1.03. The summed E-state index contributed by atoms with van der Waals surface area (Å²) in [5, 5.41) is 2.86. The molecule has 3 fully saturated rings. The number of hydrogen-bond acceptors (Lipinski definition) is 3. The zero-order valence-electron chi connectivity index (χ0n) is 14.5. The van der Waals surface area contributed by atoms with E-state index in [1.807, 2.05) is 30.3 Å². The third kappa shape index (κ3) is 2.33. The van der Waals surface area contributed by atoms with E-state index in [0.717, 1.165) is 12.0 Å². The summed E-state index contributed by atoms with van der Waals surface area (Å²) >= 11 is 0. The van der Waals surface area contributed by atoms with Gasteiger partial charge in [0.25, 0.3) is 0 Å². The van der Waals surface area contributed by atoms with Gasteiger partial charge < -0.3 is 5.32 Å². The van der Waals surface area contributed by atoms with Gasteiger partial charge in [-0.25, -0.2) is 0 Å². The van der Waals surface area contributed by atoms with Crippen molar-refractivity contribution in [1.29, 1.82) is 0 Å². The Morgan fingerprint density at radius 1 is 1.00 bits per heavy atom. The van der Waals surface area contributed by atoms with Gasteiger partial charge in [0, 0.05) is 19.5 Å². The summed E-state index contributed by atoms with van der Waals surface area (Å²) in [4.78, 5) is 39.2. The van der Waals surface area contributed by atoms with Crippen LogP contribution in [0.1, 0.15) is 18.4 Å². The number of imide groups is 1. The molecule has 26 heavy (non-hydrogen) atoms. The van der Waals surface area contributed by atoms with E-state index in [1.165, 1.54) is 4.90 Å². The van der Waals surface area contributed by atoms with Crippen molar-refractivity contribution < 1.29 is 14.4 Å². The Bertz CT molecular complexity index is 767. The lowest BCUT2D eigenvalue weighted by Crippen LogP contribution is -2.40. The lowest BCUT2D eigenvalue weighted by Gasteiger charge is -2.37. The van der Waals surface area contributed by atoms with Gasteiger partial charge in [0.05, 0.1) is 11.8 Å². The number of rotatable bonds is 5. The fourth-order valence-corrected chi connectivity index (χ4v) is 5.34. The summed E-state index contributed by atoms with van der Waals surface area (Å²) in [5.74, 6) is 1.11. The molecule has 1 N–H and O–H groups in total. The van der Waals surface area contributed by atoms with E-state index in [0.29, 0.717) is 18.4 Å². The highest BCUT2D eigenvalue weighted by Crippen LogP contribution is 2.65. The van der Waals surface area contributed by atoms with Crippen LogP contribution < -0.4 is 5.32 Å². The molecule has 4 aliphatic carbocycles. The molecular weight excluding hydrogens is 328 g/mol. The van der Waals surface area contributed by atoms with Crippen LogP contribution in [0, 0.1) is 35.5 Å². The summed E-state index contributed by atoms with van der Waals surface area (Å²) in [7, 11) is 0. The van der Waals surface area contributed by atoms with Gasteiger partial charge in [-0.3, -0.25) is 19.3 Å². The maximum atomic E-state index is 12.8. The highest BCUT2D eigenvalue weighted by molar-refractivity contribution is 6.06. The van der Waals surface area contributed by atoms with Gasteiger partial charge in [0.2, 0.25) is 17.7 Å². The predicted octanol–water partition coefficient (Wildman–Crippen LogP) is 1.75. The molecule has 1 saturated heterocycles. The normalized spacial score (nSPS) is 36.1. The van der Waals surface area contributed by atoms with Crippen molar-refractivity contribution in [2.24, 2.45) is 35.5 Å². The van der Waals surface area contributed by atoms with Crippen LogP contribution in [0.5, 0.6) is 0 Å². The Balaban J connectivity index is 1.20. The van der Waals surface area contributed by atoms with Crippen LogP contribution in [0.4, 0.5) is 0 Å². The maximum Gasteiger partial charge on any atom is 0.233 e. The molecule has 5 nitrogen and oxygen atoms in total. The average molecular weight is 350 g/mol. The summed E-state index contributed by atoms with van der Waals surface area (Å²) < 4.78 is 0. The van der Waals surface area contributed by atoms with Crippen LogP contribution in [-0.2, 0) is 20.9 Å². The molecule has 1 aromatic rings. The number of amides is 3. The van der Waals surface area contributed by atoms with E-state index in [-0.39, 0.29) is 54.4 Å². The van der Waals surface area contributed by atoms with Crippen molar-refractivity contribution in [1.82, 2.24) is 10.2 Å². The average Bonchev–Trinajstić information content (AvgIpc) is 3.45. The molecule has 5 aliphatic rings.